The molecule has 1 unspecified atom stereocenters. The molecular weight excluding hydrogens is 350 g/mol. The SMILES string of the molecule is Cc1c(C(=O)N2CCSCC2CC(=O)O)oc2c1ccc1ccccc12. The van der Waals surface area contributed by atoms with Gasteiger partial charge in [0.25, 0.3) is 5.91 Å². The van der Waals surface area contributed by atoms with Crippen LogP contribution in [0, 0.1) is 6.92 Å². The van der Waals surface area contributed by atoms with Crippen LogP contribution >= 0.6 is 11.8 Å². The summed E-state index contributed by atoms with van der Waals surface area (Å²) in [4.78, 5) is 26.0. The number of carbonyl (C=O) groups excluding carboxylic acids is 1. The standard InChI is InChI=1S/C20H19NO4S/c1-12-15-7-6-13-4-2-3-5-16(13)19(15)25-18(12)20(24)21-8-9-26-11-14(21)10-17(22)23/h2-7,14H,8-11H2,1H3,(H,22,23). The number of hydrogen-bond donors (Lipinski definition) is 1. The number of carbonyl (C=O) groups is 2. The minimum atomic E-state index is -0.886. The Morgan fingerprint density at radius 1 is 1.23 bits per heavy atom. The van der Waals surface area contributed by atoms with E-state index in [-0.39, 0.29) is 18.4 Å². The van der Waals surface area contributed by atoms with Gasteiger partial charge in [-0.05, 0) is 12.3 Å². The predicted molar refractivity (Wildman–Crippen MR) is 103 cm³/mol. The van der Waals surface area contributed by atoms with Crippen molar-refractivity contribution in [3.05, 3.63) is 47.7 Å². The van der Waals surface area contributed by atoms with Crippen LogP contribution in [0.3, 0.4) is 0 Å². The van der Waals surface area contributed by atoms with Crippen molar-refractivity contribution < 1.29 is 19.1 Å². The first-order chi connectivity index (χ1) is 12.6. The van der Waals surface area contributed by atoms with Crippen LogP contribution in [0.15, 0.2) is 40.8 Å². The first kappa shape index (κ1) is 17.0. The Labute approximate surface area is 155 Å². The van der Waals surface area contributed by atoms with E-state index in [2.05, 4.69) is 0 Å². The lowest BCUT2D eigenvalue weighted by Gasteiger charge is -2.34. The van der Waals surface area contributed by atoms with E-state index in [0.717, 1.165) is 27.5 Å². The van der Waals surface area contributed by atoms with Crippen LogP contribution in [0.5, 0.6) is 0 Å². The Bertz CT molecular complexity index is 1010. The van der Waals surface area contributed by atoms with Gasteiger partial charge in [-0.3, -0.25) is 9.59 Å². The molecule has 134 valence electrons. The van der Waals surface area contributed by atoms with Gasteiger partial charge < -0.3 is 14.4 Å². The molecular formula is C20H19NO4S. The molecule has 1 amide bonds. The molecule has 2 heterocycles. The summed E-state index contributed by atoms with van der Waals surface area (Å²) in [5.74, 6) is 0.667. The Morgan fingerprint density at radius 3 is 2.85 bits per heavy atom. The molecule has 3 aromatic rings. The quantitative estimate of drug-likeness (QED) is 0.757. The fourth-order valence-electron chi connectivity index (χ4n) is 3.58. The number of benzene rings is 2. The van der Waals surface area contributed by atoms with Crippen LogP contribution in [-0.2, 0) is 4.79 Å². The van der Waals surface area contributed by atoms with Crippen molar-refractivity contribution in [1.29, 1.82) is 0 Å². The number of furan rings is 1. The highest BCUT2D eigenvalue weighted by molar-refractivity contribution is 7.99. The Morgan fingerprint density at radius 2 is 2.04 bits per heavy atom. The summed E-state index contributed by atoms with van der Waals surface area (Å²) in [6, 6.07) is 11.6. The normalized spacial score (nSPS) is 17.7. The zero-order chi connectivity index (χ0) is 18.3. The van der Waals surface area contributed by atoms with E-state index >= 15 is 0 Å². The lowest BCUT2D eigenvalue weighted by molar-refractivity contribution is -0.138. The van der Waals surface area contributed by atoms with Crippen molar-refractivity contribution in [2.75, 3.05) is 18.1 Å². The lowest BCUT2D eigenvalue weighted by Crippen LogP contribution is -2.47. The van der Waals surface area contributed by atoms with Crippen molar-refractivity contribution in [2.45, 2.75) is 19.4 Å². The van der Waals surface area contributed by atoms with Crippen molar-refractivity contribution in [1.82, 2.24) is 4.90 Å². The van der Waals surface area contributed by atoms with Crippen molar-refractivity contribution in [3.63, 3.8) is 0 Å². The van der Waals surface area contributed by atoms with Gasteiger partial charge in [0.1, 0.15) is 5.58 Å². The topological polar surface area (TPSA) is 70.8 Å². The van der Waals surface area contributed by atoms with E-state index < -0.39 is 5.97 Å². The largest absolute Gasteiger partial charge is 0.481 e. The molecule has 0 saturated carbocycles. The van der Waals surface area contributed by atoms with E-state index in [9.17, 15) is 9.59 Å². The zero-order valence-electron chi connectivity index (χ0n) is 14.4. The Hall–Kier alpha value is -2.47. The summed E-state index contributed by atoms with van der Waals surface area (Å²) >= 11 is 1.68. The Kier molecular flexibility index (Phi) is 4.36. The van der Waals surface area contributed by atoms with Crippen molar-refractivity contribution in [2.24, 2.45) is 0 Å². The number of thioether (sulfide) groups is 1. The molecule has 0 bridgehead atoms. The number of amides is 1. The number of rotatable bonds is 3. The monoisotopic (exact) mass is 369 g/mol. The van der Waals surface area contributed by atoms with Gasteiger partial charge in [0, 0.05) is 34.4 Å². The fourth-order valence-corrected chi connectivity index (χ4v) is 4.64. The van der Waals surface area contributed by atoms with E-state index in [4.69, 9.17) is 9.52 Å². The number of hydrogen-bond acceptors (Lipinski definition) is 4. The molecule has 2 aromatic carbocycles. The van der Waals surface area contributed by atoms with Crippen molar-refractivity contribution >= 4 is 45.4 Å². The second-order valence-corrected chi connectivity index (χ2v) is 7.69. The number of aryl methyl sites for hydroxylation is 1. The maximum Gasteiger partial charge on any atom is 0.305 e. The predicted octanol–water partition coefficient (Wildman–Crippen LogP) is 3.93. The molecule has 1 N–H and O–H groups in total. The molecule has 0 radical (unpaired) electrons. The molecule has 1 aliphatic rings. The molecule has 1 aromatic heterocycles. The van der Waals surface area contributed by atoms with Gasteiger partial charge in [0.2, 0.25) is 0 Å². The summed E-state index contributed by atoms with van der Waals surface area (Å²) in [6.45, 7) is 2.43. The van der Waals surface area contributed by atoms with Crippen LogP contribution in [0.1, 0.15) is 22.5 Å². The highest BCUT2D eigenvalue weighted by atomic mass is 32.2. The molecule has 1 atom stereocenters. The first-order valence-electron chi connectivity index (χ1n) is 8.57. The minimum absolute atomic E-state index is 0.0407. The third-order valence-electron chi connectivity index (χ3n) is 4.92. The second-order valence-electron chi connectivity index (χ2n) is 6.54. The number of aliphatic carboxylic acids is 1. The molecule has 4 rings (SSSR count). The third kappa shape index (κ3) is 2.84. The minimum Gasteiger partial charge on any atom is -0.481 e. The maximum atomic E-state index is 13.1. The van der Waals surface area contributed by atoms with E-state index in [1.807, 2.05) is 43.3 Å². The number of carboxylic acids is 1. The van der Waals surface area contributed by atoms with Gasteiger partial charge in [0.05, 0.1) is 12.5 Å². The average molecular weight is 369 g/mol. The molecule has 1 saturated heterocycles. The number of nitrogens with zero attached hydrogens (tertiary/aromatic N) is 1. The van der Waals surface area contributed by atoms with Gasteiger partial charge in [-0.1, -0.05) is 36.4 Å². The van der Waals surface area contributed by atoms with Crippen LogP contribution in [0.4, 0.5) is 0 Å². The summed E-state index contributed by atoms with van der Waals surface area (Å²) in [5, 5.41) is 12.1. The van der Waals surface area contributed by atoms with Gasteiger partial charge >= 0.3 is 5.97 Å². The molecule has 0 spiro atoms. The second kappa shape index (κ2) is 6.68. The summed E-state index contributed by atoms with van der Waals surface area (Å²) < 4.78 is 6.03. The summed E-state index contributed by atoms with van der Waals surface area (Å²) in [7, 11) is 0. The molecule has 5 nitrogen and oxygen atoms in total. The smallest absolute Gasteiger partial charge is 0.305 e. The Balaban J connectivity index is 1.77. The maximum absolute atomic E-state index is 13.1. The van der Waals surface area contributed by atoms with E-state index in [0.29, 0.717) is 23.6 Å². The summed E-state index contributed by atoms with van der Waals surface area (Å²) in [5.41, 5.74) is 1.52. The van der Waals surface area contributed by atoms with E-state index in [1.165, 1.54) is 0 Å². The van der Waals surface area contributed by atoms with Crippen LogP contribution in [0.25, 0.3) is 21.7 Å². The fraction of sp³-hybridized carbons (Fsp3) is 0.300. The van der Waals surface area contributed by atoms with E-state index in [1.54, 1.807) is 16.7 Å². The average Bonchev–Trinajstić information content (AvgIpc) is 2.98. The molecule has 1 aliphatic heterocycles. The van der Waals surface area contributed by atoms with Gasteiger partial charge in [-0.25, -0.2) is 0 Å². The van der Waals surface area contributed by atoms with Crippen molar-refractivity contribution in [3.8, 4) is 0 Å². The van der Waals surface area contributed by atoms with Gasteiger partial charge in [0.15, 0.2) is 5.76 Å². The van der Waals surface area contributed by atoms with Crippen LogP contribution in [0.2, 0.25) is 0 Å². The summed E-state index contributed by atoms with van der Waals surface area (Å²) in [6.07, 6.45) is -0.0407. The third-order valence-corrected chi connectivity index (χ3v) is 6.01. The highest BCUT2D eigenvalue weighted by Crippen LogP contribution is 2.33. The van der Waals surface area contributed by atoms with Gasteiger partial charge in [-0.2, -0.15) is 11.8 Å². The number of fused-ring (bicyclic) bond motifs is 3. The molecule has 26 heavy (non-hydrogen) atoms. The lowest BCUT2D eigenvalue weighted by atomic mass is 10.1. The van der Waals surface area contributed by atoms with Crippen LogP contribution < -0.4 is 0 Å². The molecule has 6 heteroatoms. The first-order valence-corrected chi connectivity index (χ1v) is 9.73. The molecule has 1 fully saturated rings. The number of carboxylic acid groups (broad SMARTS) is 1. The zero-order valence-corrected chi connectivity index (χ0v) is 15.2. The highest BCUT2D eigenvalue weighted by Gasteiger charge is 2.32. The van der Waals surface area contributed by atoms with Gasteiger partial charge in [-0.15, -0.1) is 0 Å². The molecule has 0 aliphatic carbocycles. The van der Waals surface area contributed by atoms with Crippen LogP contribution in [-0.4, -0.2) is 46.0 Å².